The van der Waals surface area contributed by atoms with Crippen LogP contribution in [0.15, 0.2) is 0 Å². The predicted molar refractivity (Wildman–Crippen MR) is 48.1 cm³/mol. The molecule has 0 spiro atoms. The monoisotopic (exact) mass is 173 g/mol. The second-order valence-corrected chi connectivity index (χ2v) is 3.76. The topological polar surface area (TPSA) is 41.5 Å². The number of hydrogen-bond acceptors (Lipinski definition) is 3. The zero-order chi connectivity index (χ0) is 9.03. The molecular formula is C9H19NO2. The Morgan fingerprint density at radius 3 is 2.67 bits per heavy atom. The molecule has 3 nitrogen and oxygen atoms in total. The summed E-state index contributed by atoms with van der Waals surface area (Å²) < 4.78 is 5.07. The Morgan fingerprint density at radius 1 is 1.58 bits per heavy atom. The van der Waals surface area contributed by atoms with Crippen LogP contribution in [0.1, 0.15) is 26.2 Å². The number of nitrogens with one attached hydrogen (secondary N) is 1. The van der Waals surface area contributed by atoms with Crippen LogP contribution in [0, 0.1) is 0 Å². The third kappa shape index (κ3) is 2.73. The summed E-state index contributed by atoms with van der Waals surface area (Å²) in [7, 11) is 1.70. The molecule has 3 heteroatoms. The number of aliphatic hydroxyl groups is 1. The minimum Gasteiger partial charge on any atom is -0.389 e. The maximum absolute atomic E-state index is 9.69. The normalized spacial score (nSPS) is 23.2. The highest BCUT2D eigenvalue weighted by Crippen LogP contribution is 2.30. The smallest absolute Gasteiger partial charge is 0.0771 e. The van der Waals surface area contributed by atoms with E-state index >= 15 is 0 Å². The van der Waals surface area contributed by atoms with Gasteiger partial charge in [0.1, 0.15) is 0 Å². The summed E-state index contributed by atoms with van der Waals surface area (Å²) in [5.74, 6) is 0. The van der Waals surface area contributed by atoms with Crippen LogP contribution >= 0.6 is 0 Å². The van der Waals surface area contributed by atoms with Crippen molar-refractivity contribution >= 4 is 0 Å². The molecule has 0 bridgehead atoms. The number of hydrogen-bond donors (Lipinski definition) is 2. The molecule has 1 unspecified atom stereocenters. The Kier molecular flexibility index (Phi) is 3.50. The Bertz CT molecular complexity index is 134. The van der Waals surface area contributed by atoms with Crippen molar-refractivity contribution in [2.75, 3.05) is 20.2 Å². The standard InChI is InChI=1S/C9H19NO2/c1-8(12-2)6-10-7-9(11)4-3-5-9/h8,10-11H,3-7H2,1-2H3. The lowest BCUT2D eigenvalue weighted by atomic mass is 9.80. The van der Waals surface area contributed by atoms with Gasteiger partial charge < -0.3 is 15.2 Å². The molecule has 1 rings (SSSR count). The van der Waals surface area contributed by atoms with Gasteiger partial charge in [0.05, 0.1) is 11.7 Å². The Labute approximate surface area is 74.1 Å². The van der Waals surface area contributed by atoms with E-state index in [2.05, 4.69) is 5.32 Å². The molecule has 1 aliphatic carbocycles. The van der Waals surface area contributed by atoms with Crippen LogP contribution in [0.5, 0.6) is 0 Å². The fourth-order valence-electron chi connectivity index (χ4n) is 1.35. The molecule has 1 aliphatic rings. The van der Waals surface area contributed by atoms with Crippen molar-refractivity contribution in [3.05, 3.63) is 0 Å². The second kappa shape index (κ2) is 4.21. The van der Waals surface area contributed by atoms with E-state index in [4.69, 9.17) is 4.74 Å². The van der Waals surface area contributed by atoms with E-state index in [-0.39, 0.29) is 6.10 Å². The van der Waals surface area contributed by atoms with Gasteiger partial charge in [-0.15, -0.1) is 0 Å². The maximum atomic E-state index is 9.69. The molecule has 2 N–H and O–H groups in total. The molecule has 0 saturated heterocycles. The fraction of sp³-hybridized carbons (Fsp3) is 1.00. The quantitative estimate of drug-likeness (QED) is 0.637. The highest BCUT2D eigenvalue weighted by molar-refractivity contribution is 4.89. The molecule has 0 radical (unpaired) electrons. The van der Waals surface area contributed by atoms with Gasteiger partial charge in [0.2, 0.25) is 0 Å². The first-order valence-corrected chi connectivity index (χ1v) is 4.62. The molecule has 72 valence electrons. The van der Waals surface area contributed by atoms with Crippen LogP contribution in [-0.2, 0) is 4.74 Å². The van der Waals surface area contributed by atoms with Gasteiger partial charge in [0, 0.05) is 20.2 Å². The zero-order valence-electron chi connectivity index (χ0n) is 7.97. The Hall–Kier alpha value is -0.120. The molecule has 0 aromatic rings. The van der Waals surface area contributed by atoms with Crippen molar-refractivity contribution in [1.82, 2.24) is 5.32 Å². The summed E-state index contributed by atoms with van der Waals surface area (Å²) in [5.41, 5.74) is -0.409. The Balaban J connectivity index is 2.01. The fourth-order valence-corrected chi connectivity index (χ4v) is 1.35. The third-order valence-corrected chi connectivity index (χ3v) is 2.57. The van der Waals surface area contributed by atoms with Gasteiger partial charge in [0.25, 0.3) is 0 Å². The van der Waals surface area contributed by atoms with Crippen LogP contribution in [0.4, 0.5) is 0 Å². The van der Waals surface area contributed by atoms with Crippen LogP contribution in [0.2, 0.25) is 0 Å². The minimum absolute atomic E-state index is 0.230. The minimum atomic E-state index is -0.409. The number of methoxy groups -OCH3 is 1. The first-order chi connectivity index (χ1) is 5.66. The molecule has 0 aliphatic heterocycles. The van der Waals surface area contributed by atoms with Gasteiger partial charge in [-0.1, -0.05) is 0 Å². The third-order valence-electron chi connectivity index (χ3n) is 2.57. The van der Waals surface area contributed by atoms with Gasteiger partial charge in [-0.05, 0) is 26.2 Å². The molecule has 1 fully saturated rings. The average molecular weight is 173 g/mol. The predicted octanol–water partition coefficient (Wildman–Crippen LogP) is 0.526. The average Bonchev–Trinajstić information content (AvgIpc) is 2.01. The molecular weight excluding hydrogens is 154 g/mol. The summed E-state index contributed by atoms with van der Waals surface area (Å²) in [6.07, 6.45) is 3.29. The molecule has 12 heavy (non-hydrogen) atoms. The van der Waals surface area contributed by atoms with Crippen LogP contribution < -0.4 is 5.32 Å². The van der Waals surface area contributed by atoms with Crippen LogP contribution in [0.3, 0.4) is 0 Å². The van der Waals surface area contributed by atoms with Gasteiger partial charge in [-0.3, -0.25) is 0 Å². The van der Waals surface area contributed by atoms with E-state index in [1.807, 2.05) is 6.92 Å². The SMILES string of the molecule is COC(C)CNCC1(O)CCC1. The highest BCUT2D eigenvalue weighted by atomic mass is 16.5. The van der Waals surface area contributed by atoms with E-state index in [9.17, 15) is 5.11 Å². The van der Waals surface area contributed by atoms with Crippen molar-refractivity contribution < 1.29 is 9.84 Å². The van der Waals surface area contributed by atoms with Crippen molar-refractivity contribution in [2.45, 2.75) is 37.9 Å². The van der Waals surface area contributed by atoms with E-state index in [0.717, 1.165) is 25.8 Å². The molecule has 1 atom stereocenters. The molecule has 0 aromatic heterocycles. The molecule has 1 saturated carbocycles. The van der Waals surface area contributed by atoms with Crippen LogP contribution in [0.25, 0.3) is 0 Å². The van der Waals surface area contributed by atoms with Gasteiger partial charge in [0.15, 0.2) is 0 Å². The van der Waals surface area contributed by atoms with Crippen molar-refractivity contribution in [3.63, 3.8) is 0 Å². The van der Waals surface area contributed by atoms with E-state index in [1.165, 1.54) is 0 Å². The van der Waals surface area contributed by atoms with E-state index < -0.39 is 5.60 Å². The van der Waals surface area contributed by atoms with Gasteiger partial charge in [-0.25, -0.2) is 0 Å². The number of ether oxygens (including phenoxy) is 1. The second-order valence-electron chi connectivity index (χ2n) is 3.76. The van der Waals surface area contributed by atoms with Crippen LogP contribution in [-0.4, -0.2) is 37.0 Å². The highest BCUT2D eigenvalue weighted by Gasteiger charge is 2.33. The summed E-state index contributed by atoms with van der Waals surface area (Å²) in [6, 6.07) is 0. The summed E-state index contributed by atoms with van der Waals surface area (Å²) in [5, 5.41) is 12.9. The first kappa shape index (κ1) is 9.96. The molecule has 0 amide bonds. The van der Waals surface area contributed by atoms with E-state index in [1.54, 1.807) is 7.11 Å². The lowest BCUT2D eigenvalue weighted by molar-refractivity contribution is -0.0332. The number of rotatable bonds is 5. The Morgan fingerprint density at radius 2 is 2.25 bits per heavy atom. The molecule has 0 aromatic carbocycles. The van der Waals surface area contributed by atoms with Crippen molar-refractivity contribution in [3.8, 4) is 0 Å². The van der Waals surface area contributed by atoms with Gasteiger partial charge in [-0.2, -0.15) is 0 Å². The summed E-state index contributed by atoms with van der Waals surface area (Å²) in [4.78, 5) is 0. The largest absolute Gasteiger partial charge is 0.389 e. The van der Waals surface area contributed by atoms with E-state index in [0.29, 0.717) is 6.54 Å². The van der Waals surface area contributed by atoms with Gasteiger partial charge >= 0.3 is 0 Å². The summed E-state index contributed by atoms with van der Waals surface area (Å²) in [6.45, 7) is 3.54. The maximum Gasteiger partial charge on any atom is 0.0771 e. The lowest BCUT2D eigenvalue weighted by Crippen LogP contribution is -2.47. The van der Waals surface area contributed by atoms with Crippen molar-refractivity contribution in [1.29, 1.82) is 0 Å². The zero-order valence-corrected chi connectivity index (χ0v) is 7.97. The molecule has 0 heterocycles. The lowest BCUT2D eigenvalue weighted by Gasteiger charge is -2.36. The van der Waals surface area contributed by atoms with Crippen molar-refractivity contribution in [2.24, 2.45) is 0 Å². The summed E-state index contributed by atoms with van der Waals surface area (Å²) >= 11 is 0. The first-order valence-electron chi connectivity index (χ1n) is 4.62.